The molecule has 1 N–H and O–H groups in total. The van der Waals surface area contributed by atoms with Crippen LogP contribution in [0.25, 0.3) is 0 Å². The number of carbonyl (C=O) groups is 1. The van der Waals surface area contributed by atoms with Gasteiger partial charge in [-0.3, -0.25) is 9.78 Å². The zero-order chi connectivity index (χ0) is 13.0. The van der Waals surface area contributed by atoms with Crippen LogP contribution in [-0.4, -0.2) is 36.4 Å². The van der Waals surface area contributed by atoms with Gasteiger partial charge in [-0.15, -0.1) is 11.8 Å². The second kappa shape index (κ2) is 5.71. The van der Waals surface area contributed by atoms with E-state index in [-0.39, 0.29) is 5.97 Å². The fourth-order valence-electron chi connectivity index (χ4n) is 2.11. The number of hydrogen-bond acceptors (Lipinski definition) is 5. The molecule has 1 unspecified atom stereocenters. The molecule has 0 aliphatic heterocycles. The van der Waals surface area contributed by atoms with Gasteiger partial charge in [0.1, 0.15) is 5.54 Å². The van der Waals surface area contributed by atoms with Crippen LogP contribution in [0, 0.1) is 5.92 Å². The Balaban J connectivity index is 2.08. The molecule has 0 radical (unpaired) electrons. The molecule has 2 rings (SSSR count). The van der Waals surface area contributed by atoms with Crippen molar-refractivity contribution in [2.75, 3.05) is 19.9 Å². The molecular weight excluding hydrogens is 248 g/mol. The van der Waals surface area contributed by atoms with Crippen LogP contribution in [0.15, 0.2) is 29.4 Å². The Hall–Kier alpha value is -1.07. The summed E-state index contributed by atoms with van der Waals surface area (Å²) in [4.78, 5) is 17.2. The Morgan fingerprint density at radius 3 is 2.72 bits per heavy atom. The third kappa shape index (κ3) is 2.67. The number of pyridine rings is 1. The number of aromatic nitrogens is 1. The highest BCUT2D eigenvalue weighted by Crippen LogP contribution is 2.42. The average Bonchev–Trinajstić information content (AvgIpc) is 3.26. The molecule has 18 heavy (non-hydrogen) atoms. The zero-order valence-electron chi connectivity index (χ0n) is 10.7. The van der Waals surface area contributed by atoms with E-state index in [1.165, 1.54) is 7.11 Å². The number of methoxy groups -OCH3 is 1. The van der Waals surface area contributed by atoms with E-state index in [0.29, 0.717) is 11.7 Å². The summed E-state index contributed by atoms with van der Waals surface area (Å²) in [6.45, 7) is 0. The highest BCUT2D eigenvalue weighted by molar-refractivity contribution is 7.99. The molecule has 1 aliphatic rings. The zero-order valence-corrected chi connectivity index (χ0v) is 11.5. The lowest BCUT2D eigenvalue weighted by molar-refractivity contribution is -0.148. The molecule has 1 atom stereocenters. The molecule has 0 bridgehead atoms. The number of likely N-dealkylation sites (N-methyl/N-ethyl adjacent to an activating group) is 1. The molecular formula is C13H18N2O2S. The van der Waals surface area contributed by atoms with Crippen molar-refractivity contribution in [3.8, 4) is 0 Å². The van der Waals surface area contributed by atoms with Crippen LogP contribution in [0.5, 0.6) is 0 Å². The van der Waals surface area contributed by atoms with Crippen LogP contribution in [-0.2, 0) is 9.53 Å². The van der Waals surface area contributed by atoms with Crippen LogP contribution in [0.4, 0.5) is 0 Å². The Kier molecular flexibility index (Phi) is 4.24. The number of thioether (sulfide) groups is 1. The highest BCUT2D eigenvalue weighted by Gasteiger charge is 2.50. The van der Waals surface area contributed by atoms with Gasteiger partial charge in [-0.25, -0.2) is 0 Å². The van der Waals surface area contributed by atoms with E-state index in [1.807, 2.05) is 19.2 Å². The van der Waals surface area contributed by atoms with E-state index in [2.05, 4.69) is 10.3 Å². The van der Waals surface area contributed by atoms with Crippen LogP contribution in [0.2, 0.25) is 0 Å². The highest BCUT2D eigenvalue weighted by atomic mass is 32.2. The lowest BCUT2D eigenvalue weighted by Crippen LogP contribution is -2.55. The van der Waals surface area contributed by atoms with Gasteiger partial charge in [-0.2, -0.15) is 0 Å². The lowest BCUT2D eigenvalue weighted by atomic mass is 9.96. The third-order valence-corrected chi connectivity index (χ3v) is 4.59. The summed E-state index contributed by atoms with van der Waals surface area (Å²) in [5, 5.41) is 3.19. The van der Waals surface area contributed by atoms with Gasteiger partial charge in [0, 0.05) is 23.0 Å². The maximum Gasteiger partial charge on any atom is 0.327 e. The standard InChI is InChI=1S/C13H18N2O2S/c1-14-13(10-3-4-10,12(16)17-2)9-18-11-5-7-15-8-6-11/h5-8,10,14H,3-4,9H2,1-2H3. The minimum Gasteiger partial charge on any atom is -0.468 e. The van der Waals surface area contributed by atoms with E-state index >= 15 is 0 Å². The summed E-state index contributed by atoms with van der Waals surface area (Å²) in [6.07, 6.45) is 5.71. The number of nitrogens with zero attached hydrogens (tertiary/aromatic N) is 1. The van der Waals surface area contributed by atoms with Crippen molar-refractivity contribution < 1.29 is 9.53 Å². The normalized spacial score (nSPS) is 18.1. The molecule has 98 valence electrons. The first-order valence-electron chi connectivity index (χ1n) is 6.03. The molecule has 0 aromatic carbocycles. The topological polar surface area (TPSA) is 51.2 Å². The summed E-state index contributed by atoms with van der Waals surface area (Å²) in [7, 11) is 3.29. The lowest BCUT2D eigenvalue weighted by Gasteiger charge is -2.30. The Bertz CT molecular complexity index is 409. The van der Waals surface area contributed by atoms with Crippen molar-refractivity contribution in [1.29, 1.82) is 0 Å². The summed E-state index contributed by atoms with van der Waals surface area (Å²) in [5.74, 6) is 0.920. The second-order valence-corrected chi connectivity index (χ2v) is 5.51. The third-order valence-electron chi connectivity index (χ3n) is 3.39. The summed E-state index contributed by atoms with van der Waals surface area (Å²) < 4.78 is 4.97. The fourth-order valence-corrected chi connectivity index (χ4v) is 3.32. The molecule has 1 heterocycles. The first-order chi connectivity index (χ1) is 8.73. The maximum atomic E-state index is 12.1. The Morgan fingerprint density at radius 1 is 1.56 bits per heavy atom. The Morgan fingerprint density at radius 2 is 2.22 bits per heavy atom. The number of esters is 1. The van der Waals surface area contributed by atoms with Crippen LogP contribution in [0.1, 0.15) is 12.8 Å². The summed E-state index contributed by atoms with van der Waals surface area (Å²) >= 11 is 1.66. The van der Waals surface area contributed by atoms with E-state index < -0.39 is 5.54 Å². The number of rotatable bonds is 6. The van der Waals surface area contributed by atoms with Crippen LogP contribution >= 0.6 is 11.8 Å². The summed E-state index contributed by atoms with van der Waals surface area (Å²) in [5.41, 5.74) is -0.553. The van der Waals surface area contributed by atoms with Gasteiger partial charge in [0.25, 0.3) is 0 Å². The molecule has 0 amide bonds. The minimum absolute atomic E-state index is 0.158. The fraction of sp³-hybridized carbons (Fsp3) is 0.538. The molecule has 1 saturated carbocycles. The quantitative estimate of drug-likeness (QED) is 0.627. The van der Waals surface area contributed by atoms with Gasteiger partial charge < -0.3 is 10.1 Å². The van der Waals surface area contributed by atoms with E-state index in [9.17, 15) is 4.79 Å². The number of nitrogens with one attached hydrogen (secondary N) is 1. The minimum atomic E-state index is -0.553. The van der Waals surface area contributed by atoms with Gasteiger partial charge in [0.05, 0.1) is 7.11 Å². The smallest absolute Gasteiger partial charge is 0.327 e. The Labute approximate surface area is 112 Å². The molecule has 1 fully saturated rings. The first-order valence-corrected chi connectivity index (χ1v) is 7.01. The molecule has 1 aromatic heterocycles. The number of ether oxygens (including phenoxy) is 1. The van der Waals surface area contributed by atoms with E-state index in [0.717, 1.165) is 17.7 Å². The van der Waals surface area contributed by atoms with Gasteiger partial charge in [-0.1, -0.05) is 0 Å². The molecule has 5 heteroatoms. The van der Waals surface area contributed by atoms with Crippen molar-refractivity contribution in [3.63, 3.8) is 0 Å². The monoisotopic (exact) mass is 266 g/mol. The van der Waals surface area contributed by atoms with Crippen LogP contribution < -0.4 is 5.32 Å². The van der Waals surface area contributed by atoms with Gasteiger partial charge >= 0.3 is 5.97 Å². The van der Waals surface area contributed by atoms with Crippen molar-refractivity contribution in [3.05, 3.63) is 24.5 Å². The van der Waals surface area contributed by atoms with Crippen LogP contribution in [0.3, 0.4) is 0 Å². The first kappa shape index (κ1) is 13.4. The molecule has 1 aliphatic carbocycles. The second-order valence-electron chi connectivity index (χ2n) is 4.46. The van der Waals surface area contributed by atoms with Gasteiger partial charge in [0.15, 0.2) is 0 Å². The van der Waals surface area contributed by atoms with E-state index in [1.54, 1.807) is 24.2 Å². The number of hydrogen-bond donors (Lipinski definition) is 1. The summed E-state index contributed by atoms with van der Waals surface area (Å²) in [6, 6.07) is 3.91. The van der Waals surface area contributed by atoms with Crippen molar-refractivity contribution in [2.24, 2.45) is 5.92 Å². The van der Waals surface area contributed by atoms with E-state index in [4.69, 9.17) is 4.74 Å². The van der Waals surface area contributed by atoms with Gasteiger partial charge in [-0.05, 0) is 37.9 Å². The molecule has 0 saturated heterocycles. The van der Waals surface area contributed by atoms with Crippen molar-refractivity contribution in [1.82, 2.24) is 10.3 Å². The average molecular weight is 266 g/mol. The van der Waals surface area contributed by atoms with Crippen molar-refractivity contribution >= 4 is 17.7 Å². The number of carbonyl (C=O) groups excluding carboxylic acids is 1. The molecule has 4 nitrogen and oxygen atoms in total. The maximum absolute atomic E-state index is 12.1. The molecule has 0 spiro atoms. The predicted molar refractivity (Wildman–Crippen MR) is 71.5 cm³/mol. The largest absolute Gasteiger partial charge is 0.468 e. The predicted octanol–water partition coefficient (Wildman–Crippen LogP) is 1.71. The SMILES string of the molecule is CNC(CSc1ccncc1)(C(=O)OC)C1CC1. The molecule has 1 aromatic rings. The van der Waals surface area contributed by atoms with Gasteiger partial charge in [0.2, 0.25) is 0 Å². The van der Waals surface area contributed by atoms with Crippen molar-refractivity contribution in [2.45, 2.75) is 23.3 Å².